The van der Waals surface area contributed by atoms with E-state index in [0.717, 1.165) is 67.1 Å². The quantitative estimate of drug-likeness (QED) is 0.837. The Balaban J connectivity index is 1.61. The lowest BCUT2D eigenvalue weighted by atomic mass is 9.94. The smallest absolute Gasteiger partial charge is 0.253 e. The molecule has 1 aromatic carbocycles. The van der Waals surface area contributed by atoms with Crippen LogP contribution in [-0.4, -0.2) is 47.0 Å². The Kier molecular flexibility index (Phi) is 3.52. The van der Waals surface area contributed by atoms with Gasteiger partial charge in [0.25, 0.3) is 5.91 Å². The van der Waals surface area contributed by atoms with Gasteiger partial charge in [-0.15, -0.1) is 0 Å². The van der Waals surface area contributed by atoms with Crippen molar-refractivity contribution in [1.82, 2.24) is 14.9 Å². The molecule has 1 aromatic heterocycles. The van der Waals surface area contributed by atoms with E-state index >= 15 is 0 Å². The van der Waals surface area contributed by atoms with Crippen molar-refractivity contribution < 1.29 is 4.79 Å². The monoisotopic (exact) mass is 348 g/mol. The van der Waals surface area contributed by atoms with Gasteiger partial charge in [0, 0.05) is 48.6 Å². The number of aryl methyl sites for hydroxylation is 1. The zero-order chi connectivity index (χ0) is 17.8. The van der Waals surface area contributed by atoms with Gasteiger partial charge in [-0.25, -0.2) is 9.97 Å². The van der Waals surface area contributed by atoms with Crippen LogP contribution in [0.3, 0.4) is 0 Å². The zero-order valence-electron chi connectivity index (χ0n) is 15.5. The van der Waals surface area contributed by atoms with Gasteiger partial charge in [0.05, 0.1) is 5.69 Å². The molecule has 0 spiro atoms. The molecule has 1 aliphatic carbocycles. The fourth-order valence-corrected chi connectivity index (χ4v) is 4.35. The van der Waals surface area contributed by atoms with E-state index in [1.165, 1.54) is 17.7 Å². The van der Waals surface area contributed by atoms with Crippen molar-refractivity contribution in [3.63, 3.8) is 0 Å². The van der Waals surface area contributed by atoms with Crippen LogP contribution in [0, 0.1) is 0 Å². The molecule has 2 aromatic rings. The minimum absolute atomic E-state index is 0.126. The molecule has 0 N–H and O–H groups in total. The second kappa shape index (κ2) is 5.79. The van der Waals surface area contributed by atoms with E-state index in [4.69, 9.17) is 9.97 Å². The number of anilines is 1. The predicted octanol–water partition coefficient (Wildman–Crippen LogP) is 2.86. The molecule has 0 bridgehead atoms. The molecular weight excluding hydrogens is 324 g/mol. The summed E-state index contributed by atoms with van der Waals surface area (Å²) in [5, 5.41) is 0. The first-order valence-corrected chi connectivity index (χ1v) is 9.67. The molecule has 5 heteroatoms. The molecule has 3 heterocycles. The molecule has 0 saturated carbocycles. The van der Waals surface area contributed by atoms with Crippen molar-refractivity contribution >= 4 is 11.9 Å². The summed E-state index contributed by atoms with van der Waals surface area (Å²) < 4.78 is 0. The summed E-state index contributed by atoms with van der Waals surface area (Å²) in [6.45, 7) is 4.07. The Labute approximate surface area is 154 Å². The number of carbonyl (C=O) groups excluding carboxylic acids is 1. The average Bonchev–Trinajstić information content (AvgIpc) is 3.11. The molecule has 0 unspecified atom stereocenters. The van der Waals surface area contributed by atoms with Crippen LogP contribution >= 0.6 is 0 Å². The van der Waals surface area contributed by atoms with Gasteiger partial charge in [0.15, 0.2) is 0 Å². The van der Waals surface area contributed by atoms with E-state index < -0.39 is 0 Å². The molecule has 5 nitrogen and oxygen atoms in total. The number of aromatic nitrogens is 2. The van der Waals surface area contributed by atoms with E-state index in [-0.39, 0.29) is 5.91 Å². The zero-order valence-corrected chi connectivity index (χ0v) is 15.5. The normalized spacial score (nSPS) is 21.5. The first-order chi connectivity index (χ1) is 12.6. The fraction of sp³-hybridized carbons (Fsp3) is 0.476. The Bertz CT molecular complexity index is 907. The van der Waals surface area contributed by atoms with Crippen molar-refractivity contribution in [2.24, 2.45) is 0 Å². The number of carbonyl (C=O) groups is 1. The molecule has 5 rings (SSSR count). The lowest BCUT2D eigenvalue weighted by Crippen LogP contribution is -2.46. The number of hydrogen-bond acceptors (Lipinski definition) is 4. The van der Waals surface area contributed by atoms with E-state index in [0.29, 0.717) is 6.04 Å². The maximum absolute atomic E-state index is 12.4. The lowest BCUT2D eigenvalue weighted by Gasteiger charge is -2.39. The molecule has 0 radical (unpaired) electrons. The number of benzene rings is 1. The summed E-state index contributed by atoms with van der Waals surface area (Å²) in [5.41, 5.74) is 6.73. The van der Waals surface area contributed by atoms with Crippen molar-refractivity contribution in [2.45, 2.75) is 45.1 Å². The van der Waals surface area contributed by atoms with Gasteiger partial charge >= 0.3 is 0 Å². The van der Waals surface area contributed by atoms with Crippen LogP contribution in [0.25, 0.3) is 11.3 Å². The van der Waals surface area contributed by atoms with Crippen LogP contribution in [0.4, 0.5) is 5.95 Å². The summed E-state index contributed by atoms with van der Waals surface area (Å²) in [4.78, 5) is 26.3. The molecule has 1 atom stereocenters. The van der Waals surface area contributed by atoms with Gasteiger partial charge in [0.1, 0.15) is 0 Å². The SMILES string of the molecule is C[C@H]1CCN1c1nc2c(c(-c3ccc4c(c3)CCN(C)C4=O)n1)CCC2. The summed E-state index contributed by atoms with van der Waals surface area (Å²) >= 11 is 0. The first kappa shape index (κ1) is 15.8. The minimum Gasteiger partial charge on any atom is -0.341 e. The highest BCUT2D eigenvalue weighted by Gasteiger charge is 2.29. The molecule has 3 aliphatic rings. The summed E-state index contributed by atoms with van der Waals surface area (Å²) in [7, 11) is 1.87. The first-order valence-electron chi connectivity index (χ1n) is 9.67. The predicted molar refractivity (Wildman–Crippen MR) is 102 cm³/mol. The maximum Gasteiger partial charge on any atom is 0.253 e. The Morgan fingerprint density at radius 2 is 2.00 bits per heavy atom. The molecule has 2 aliphatic heterocycles. The van der Waals surface area contributed by atoms with Gasteiger partial charge in [-0.2, -0.15) is 0 Å². The van der Waals surface area contributed by atoms with Gasteiger partial charge in [0.2, 0.25) is 5.95 Å². The molecule has 26 heavy (non-hydrogen) atoms. The number of likely N-dealkylation sites (N-methyl/N-ethyl adjacent to an activating group) is 1. The second-order valence-electron chi connectivity index (χ2n) is 7.83. The minimum atomic E-state index is 0.126. The summed E-state index contributed by atoms with van der Waals surface area (Å²) in [5.74, 6) is 1.01. The molecule has 134 valence electrons. The van der Waals surface area contributed by atoms with Crippen LogP contribution in [0.5, 0.6) is 0 Å². The van der Waals surface area contributed by atoms with Gasteiger partial charge in [-0.1, -0.05) is 6.07 Å². The van der Waals surface area contributed by atoms with E-state index in [1.807, 2.05) is 13.1 Å². The summed E-state index contributed by atoms with van der Waals surface area (Å²) in [6, 6.07) is 6.77. The Hall–Kier alpha value is -2.43. The third kappa shape index (κ3) is 2.33. The molecular formula is C21H24N4O. The number of nitrogens with zero attached hydrogens (tertiary/aromatic N) is 4. The van der Waals surface area contributed by atoms with Crippen LogP contribution in [0.2, 0.25) is 0 Å². The van der Waals surface area contributed by atoms with Crippen LogP contribution in [0.1, 0.15) is 46.9 Å². The number of rotatable bonds is 2. The molecule has 1 saturated heterocycles. The lowest BCUT2D eigenvalue weighted by molar-refractivity contribution is 0.0781. The average molecular weight is 348 g/mol. The largest absolute Gasteiger partial charge is 0.341 e. The topological polar surface area (TPSA) is 49.3 Å². The van der Waals surface area contributed by atoms with Gasteiger partial charge < -0.3 is 9.80 Å². The van der Waals surface area contributed by atoms with Crippen LogP contribution in [0.15, 0.2) is 18.2 Å². The maximum atomic E-state index is 12.4. The van der Waals surface area contributed by atoms with E-state index in [1.54, 1.807) is 4.90 Å². The fourth-order valence-electron chi connectivity index (χ4n) is 4.35. The number of amides is 1. The van der Waals surface area contributed by atoms with E-state index in [9.17, 15) is 4.79 Å². The van der Waals surface area contributed by atoms with E-state index in [2.05, 4.69) is 24.0 Å². The Morgan fingerprint density at radius 1 is 1.12 bits per heavy atom. The molecule has 1 amide bonds. The number of hydrogen-bond donors (Lipinski definition) is 0. The third-order valence-electron chi connectivity index (χ3n) is 6.17. The Morgan fingerprint density at radius 3 is 2.77 bits per heavy atom. The standard InChI is InChI=1S/C21H24N4O/c1-13-8-11-25(13)21-22-18-5-3-4-17(18)19(23-21)15-6-7-16-14(12-15)9-10-24(2)20(16)26/h6-7,12-13H,3-5,8-11H2,1-2H3/t13-/m0/s1. The van der Waals surface area contributed by atoms with Crippen molar-refractivity contribution in [3.8, 4) is 11.3 Å². The number of fused-ring (bicyclic) bond motifs is 2. The van der Waals surface area contributed by atoms with Crippen molar-refractivity contribution in [1.29, 1.82) is 0 Å². The van der Waals surface area contributed by atoms with Gasteiger partial charge in [-0.05, 0) is 56.7 Å². The van der Waals surface area contributed by atoms with Crippen molar-refractivity contribution in [2.75, 3.05) is 25.0 Å². The van der Waals surface area contributed by atoms with Crippen LogP contribution in [-0.2, 0) is 19.3 Å². The third-order valence-corrected chi connectivity index (χ3v) is 6.17. The highest BCUT2D eigenvalue weighted by atomic mass is 16.2. The van der Waals surface area contributed by atoms with Crippen molar-refractivity contribution in [3.05, 3.63) is 40.6 Å². The van der Waals surface area contributed by atoms with Crippen LogP contribution < -0.4 is 4.90 Å². The second-order valence-corrected chi connectivity index (χ2v) is 7.83. The summed E-state index contributed by atoms with van der Waals surface area (Å²) in [6.07, 6.45) is 5.39. The molecule has 1 fully saturated rings. The highest BCUT2D eigenvalue weighted by molar-refractivity contribution is 5.97. The highest BCUT2D eigenvalue weighted by Crippen LogP contribution is 2.35. The van der Waals surface area contributed by atoms with Gasteiger partial charge in [-0.3, -0.25) is 4.79 Å².